The van der Waals surface area contributed by atoms with Gasteiger partial charge in [0.1, 0.15) is 5.75 Å². The fourth-order valence-corrected chi connectivity index (χ4v) is 3.24. The van der Waals surface area contributed by atoms with Crippen LogP contribution in [0.25, 0.3) is 11.3 Å². The molecule has 0 fully saturated rings. The van der Waals surface area contributed by atoms with E-state index in [1.54, 1.807) is 0 Å². The second kappa shape index (κ2) is 8.27. The smallest absolute Gasteiger partial charge is 0.267 e. The van der Waals surface area contributed by atoms with Crippen molar-refractivity contribution >= 4 is 38.3 Å². The number of anilines is 1. The highest BCUT2D eigenvalue weighted by Gasteiger charge is 2.19. The van der Waals surface area contributed by atoms with Crippen LogP contribution < -0.4 is 10.1 Å². The van der Waals surface area contributed by atoms with Gasteiger partial charge in [0.25, 0.3) is 5.91 Å². The van der Waals surface area contributed by atoms with Gasteiger partial charge >= 0.3 is 0 Å². The highest BCUT2D eigenvalue weighted by molar-refractivity contribution is 9.10. The van der Waals surface area contributed by atoms with Crippen LogP contribution in [-0.2, 0) is 4.79 Å². The van der Waals surface area contributed by atoms with Crippen molar-refractivity contribution < 1.29 is 9.53 Å². The summed E-state index contributed by atoms with van der Waals surface area (Å²) < 4.78 is 6.78. The molecule has 0 bridgehead atoms. The number of rotatable bonds is 6. The van der Waals surface area contributed by atoms with E-state index >= 15 is 0 Å². The molecule has 0 aliphatic heterocycles. The zero-order chi connectivity index (χ0) is 17.6. The molecule has 0 unspecified atom stereocenters. The molecule has 0 aliphatic rings. The minimum atomic E-state index is -0.553. The molecule has 1 heterocycles. The number of hydrogen-bond donors (Lipinski definition) is 1. The largest absolute Gasteiger partial charge is 0.481 e. The summed E-state index contributed by atoms with van der Waals surface area (Å²) in [5.41, 5.74) is 1.84. The molecule has 1 N–H and O–H groups in total. The number of nitrogens with one attached hydrogen (secondary N) is 1. The van der Waals surface area contributed by atoms with Crippen LogP contribution in [0.4, 0.5) is 5.13 Å². The predicted molar refractivity (Wildman–Crippen MR) is 105 cm³/mol. The molecule has 3 rings (SSSR count). The summed E-state index contributed by atoms with van der Waals surface area (Å²) in [7, 11) is 0. The molecule has 128 valence electrons. The Morgan fingerprint density at radius 2 is 1.92 bits per heavy atom. The van der Waals surface area contributed by atoms with Crippen LogP contribution in [0.1, 0.15) is 13.3 Å². The molecule has 4 nitrogen and oxygen atoms in total. The summed E-state index contributed by atoms with van der Waals surface area (Å²) >= 11 is 4.82. The van der Waals surface area contributed by atoms with Crippen molar-refractivity contribution in [2.24, 2.45) is 0 Å². The number of nitrogens with zero attached hydrogens (tertiary/aromatic N) is 1. The molecular formula is C19H17BrN2O2S. The fraction of sp³-hybridized carbons (Fsp3) is 0.158. The summed E-state index contributed by atoms with van der Waals surface area (Å²) in [4.78, 5) is 17.0. The molecule has 1 atom stereocenters. The van der Waals surface area contributed by atoms with E-state index in [-0.39, 0.29) is 5.91 Å². The maximum absolute atomic E-state index is 12.5. The number of ether oxygens (including phenoxy) is 1. The van der Waals surface area contributed by atoms with E-state index in [0.29, 0.717) is 17.3 Å². The molecule has 0 spiro atoms. The molecule has 0 saturated carbocycles. The van der Waals surface area contributed by atoms with Gasteiger partial charge in [0.2, 0.25) is 0 Å². The van der Waals surface area contributed by atoms with Gasteiger partial charge in [-0.3, -0.25) is 10.1 Å². The van der Waals surface area contributed by atoms with Crippen molar-refractivity contribution in [2.75, 3.05) is 5.32 Å². The van der Waals surface area contributed by atoms with Crippen molar-refractivity contribution in [1.82, 2.24) is 4.98 Å². The van der Waals surface area contributed by atoms with Crippen LogP contribution in [0.2, 0.25) is 0 Å². The van der Waals surface area contributed by atoms with Gasteiger partial charge in [-0.05, 0) is 30.7 Å². The SMILES string of the molecule is CC[C@H](Oc1ccccc1)C(=O)Nc1nc(-c2ccc(Br)cc2)cs1. The van der Waals surface area contributed by atoms with Crippen molar-refractivity contribution in [1.29, 1.82) is 0 Å². The lowest BCUT2D eigenvalue weighted by molar-refractivity contribution is -0.122. The standard InChI is InChI=1S/C19H17BrN2O2S/c1-2-17(24-15-6-4-3-5-7-15)18(23)22-19-21-16(12-25-19)13-8-10-14(20)11-9-13/h3-12,17H,2H2,1H3,(H,21,22,23)/t17-/m0/s1. The number of carbonyl (C=O) groups excluding carboxylic acids is 1. The number of amides is 1. The van der Waals surface area contributed by atoms with Gasteiger partial charge in [-0.2, -0.15) is 0 Å². The first-order chi connectivity index (χ1) is 12.2. The minimum absolute atomic E-state index is 0.192. The Balaban J connectivity index is 1.67. The summed E-state index contributed by atoms with van der Waals surface area (Å²) in [6, 6.07) is 17.2. The number of aromatic nitrogens is 1. The van der Waals surface area contributed by atoms with Crippen LogP contribution in [0.15, 0.2) is 64.5 Å². The topological polar surface area (TPSA) is 51.2 Å². The molecule has 0 saturated heterocycles. The van der Waals surface area contributed by atoms with Crippen LogP contribution >= 0.6 is 27.3 Å². The summed E-state index contributed by atoms with van der Waals surface area (Å²) in [5.74, 6) is 0.488. The van der Waals surface area contributed by atoms with Gasteiger partial charge in [0.15, 0.2) is 11.2 Å². The van der Waals surface area contributed by atoms with Gasteiger partial charge in [0.05, 0.1) is 5.69 Å². The monoisotopic (exact) mass is 416 g/mol. The molecule has 25 heavy (non-hydrogen) atoms. The summed E-state index contributed by atoms with van der Waals surface area (Å²) in [6.07, 6.45) is 0.0218. The molecule has 0 radical (unpaired) electrons. The second-order valence-corrected chi connectivity index (χ2v) is 7.14. The fourth-order valence-electron chi connectivity index (χ4n) is 2.26. The van der Waals surface area contributed by atoms with E-state index in [4.69, 9.17) is 4.74 Å². The van der Waals surface area contributed by atoms with E-state index in [2.05, 4.69) is 26.2 Å². The lowest BCUT2D eigenvalue weighted by atomic mass is 10.2. The third-order valence-electron chi connectivity index (χ3n) is 3.56. The predicted octanol–water partition coefficient (Wildman–Crippen LogP) is 5.37. The Labute approximate surface area is 159 Å². The lowest BCUT2D eigenvalue weighted by Crippen LogP contribution is -2.32. The molecule has 2 aromatic carbocycles. The van der Waals surface area contributed by atoms with Gasteiger partial charge < -0.3 is 4.74 Å². The second-order valence-electron chi connectivity index (χ2n) is 5.36. The Kier molecular flexibility index (Phi) is 5.83. The van der Waals surface area contributed by atoms with Gasteiger partial charge in [-0.1, -0.05) is 53.2 Å². The van der Waals surface area contributed by atoms with E-state index < -0.39 is 6.10 Å². The number of para-hydroxylation sites is 1. The highest BCUT2D eigenvalue weighted by Crippen LogP contribution is 2.26. The average molecular weight is 417 g/mol. The summed E-state index contributed by atoms with van der Waals surface area (Å²) in [6.45, 7) is 1.92. The minimum Gasteiger partial charge on any atom is -0.481 e. The number of hydrogen-bond acceptors (Lipinski definition) is 4. The maximum atomic E-state index is 12.5. The molecular weight excluding hydrogens is 400 g/mol. The number of benzene rings is 2. The third kappa shape index (κ3) is 4.67. The molecule has 1 aromatic heterocycles. The molecule has 6 heteroatoms. The number of halogens is 1. The van der Waals surface area contributed by atoms with Gasteiger partial charge in [-0.25, -0.2) is 4.98 Å². The highest BCUT2D eigenvalue weighted by atomic mass is 79.9. The van der Waals surface area contributed by atoms with Crippen LogP contribution in [0, 0.1) is 0 Å². The van der Waals surface area contributed by atoms with Crippen LogP contribution in [0.5, 0.6) is 5.75 Å². The molecule has 0 aliphatic carbocycles. The lowest BCUT2D eigenvalue weighted by Gasteiger charge is -2.16. The number of thiazole rings is 1. The average Bonchev–Trinajstić information content (AvgIpc) is 3.09. The first kappa shape index (κ1) is 17.6. The zero-order valence-corrected chi connectivity index (χ0v) is 16.0. The van der Waals surface area contributed by atoms with E-state index in [0.717, 1.165) is 15.7 Å². The Bertz CT molecular complexity index is 834. The van der Waals surface area contributed by atoms with E-state index in [9.17, 15) is 4.79 Å². The third-order valence-corrected chi connectivity index (χ3v) is 4.85. The summed E-state index contributed by atoms with van der Waals surface area (Å²) in [5, 5.41) is 5.34. The van der Waals surface area contributed by atoms with E-state index in [1.165, 1.54) is 11.3 Å². The Morgan fingerprint density at radius 3 is 2.60 bits per heavy atom. The Morgan fingerprint density at radius 1 is 1.20 bits per heavy atom. The molecule has 1 amide bonds. The van der Waals surface area contributed by atoms with Gasteiger partial charge in [0, 0.05) is 15.4 Å². The van der Waals surface area contributed by atoms with E-state index in [1.807, 2.05) is 66.9 Å². The van der Waals surface area contributed by atoms with Crippen molar-refractivity contribution in [3.8, 4) is 17.0 Å². The number of carbonyl (C=O) groups is 1. The van der Waals surface area contributed by atoms with Crippen molar-refractivity contribution in [3.05, 3.63) is 64.5 Å². The van der Waals surface area contributed by atoms with Crippen molar-refractivity contribution in [3.63, 3.8) is 0 Å². The van der Waals surface area contributed by atoms with Crippen molar-refractivity contribution in [2.45, 2.75) is 19.4 Å². The van der Waals surface area contributed by atoms with Gasteiger partial charge in [-0.15, -0.1) is 11.3 Å². The zero-order valence-electron chi connectivity index (χ0n) is 13.6. The normalized spacial score (nSPS) is 11.8. The first-order valence-corrected chi connectivity index (χ1v) is 9.57. The Hall–Kier alpha value is -2.18. The molecule has 3 aromatic rings. The van der Waals surface area contributed by atoms with Crippen LogP contribution in [0.3, 0.4) is 0 Å². The maximum Gasteiger partial charge on any atom is 0.267 e. The van der Waals surface area contributed by atoms with Crippen LogP contribution in [-0.4, -0.2) is 17.0 Å². The quantitative estimate of drug-likeness (QED) is 0.587. The first-order valence-electron chi connectivity index (χ1n) is 7.89.